The summed E-state index contributed by atoms with van der Waals surface area (Å²) in [6.07, 6.45) is 0. The summed E-state index contributed by atoms with van der Waals surface area (Å²) in [7, 11) is 1.76. The quantitative estimate of drug-likeness (QED) is 0.512. The van der Waals surface area contributed by atoms with Gasteiger partial charge in [0.15, 0.2) is 5.65 Å². The number of pyridine rings is 1. The molecule has 0 fully saturated rings. The predicted molar refractivity (Wildman–Crippen MR) is 109 cm³/mol. The molecule has 0 bridgehead atoms. The number of rotatable bonds is 3. The highest BCUT2D eigenvalue weighted by Gasteiger charge is 2.20. The van der Waals surface area contributed by atoms with Gasteiger partial charge in [-0.15, -0.1) is 0 Å². The zero-order chi connectivity index (χ0) is 20.0. The first-order valence-electron chi connectivity index (χ1n) is 9.17. The highest BCUT2D eigenvalue weighted by molar-refractivity contribution is 5.91. The van der Waals surface area contributed by atoms with E-state index in [4.69, 9.17) is 0 Å². The topological polar surface area (TPSA) is 56.9 Å². The molecule has 0 N–H and O–H groups in total. The minimum Gasteiger partial charge on any atom is -0.328 e. The Balaban J connectivity index is 2.23. The van der Waals surface area contributed by atoms with E-state index in [-0.39, 0.29) is 33.8 Å². The lowest BCUT2D eigenvalue weighted by molar-refractivity contribution is 0.510. The van der Waals surface area contributed by atoms with Gasteiger partial charge in [0.25, 0.3) is 5.56 Å². The molecule has 4 aromatic rings. The van der Waals surface area contributed by atoms with Crippen LogP contribution in [0.4, 0.5) is 4.39 Å². The summed E-state index contributed by atoms with van der Waals surface area (Å²) in [6, 6.07) is 13.3. The van der Waals surface area contributed by atoms with Crippen molar-refractivity contribution in [3.8, 4) is 11.4 Å². The largest absolute Gasteiger partial charge is 0.328 e. The highest BCUT2D eigenvalue weighted by atomic mass is 19.1. The van der Waals surface area contributed by atoms with Gasteiger partial charge in [-0.2, -0.15) is 0 Å². The van der Waals surface area contributed by atoms with Gasteiger partial charge in [-0.05, 0) is 30.2 Å². The van der Waals surface area contributed by atoms with Crippen LogP contribution in [0.25, 0.3) is 33.3 Å². The molecule has 0 atom stereocenters. The first-order valence-corrected chi connectivity index (χ1v) is 9.17. The van der Waals surface area contributed by atoms with Gasteiger partial charge in [-0.1, -0.05) is 38.1 Å². The average molecular weight is 377 g/mol. The minimum absolute atomic E-state index is 0.0296. The molecule has 0 radical (unpaired) electrons. The first-order chi connectivity index (χ1) is 13.4. The fourth-order valence-corrected chi connectivity index (χ4v) is 3.57. The Hall–Kier alpha value is -3.28. The second-order valence-electron chi connectivity index (χ2n) is 7.33. The molecule has 5 nitrogen and oxygen atoms in total. The molecule has 0 saturated heterocycles. The lowest BCUT2D eigenvalue weighted by atomic mass is 10.1. The summed E-state index contributed by atoms with van der Waals surface area (Å²) >= 11 is 0. The van der Waals surface area contributed by atoms with Crippen molar-refractivity contribution in [3.05, 3.63) is 74.9 Å². The molecule has 4 rings (SSSR count). The average Bonchev–Trinajstić information content (AvgIpc) is 2.68. The predicted octanol–water partition coefficient (Wildman–Crippen LogP) is 3.71. The zero-order valence-corrected chi connectivity index (χ0v) is 15.9. The van der Waals surface area contributed by atoms with E-state index in [2.05, 4.69) is 4.98 Å². The molecule has 28 heavy (non-hydrogen) atoms. The van der Waals surface area contributed by atoms with Crippen molar-refractivity contribution in [2.24, 2.45) is 13.0 Å². The van der Waals surface area contributed by atoms with E-state index in [1.165, 1.54) is 10.6 Å². The van der Waals surface area contributed by atoms with E-state index < -0.39 is 11.4 Å². The third-order valence-electron chi connectivity index (χ3n) is 4.87. The number of hydrogen-bond donors (Lipinski definition) is 0. The van der Waals surface area contributed by atoms with Gasteiger partial charge < -0.3 is 4.57 Å². The van der Waals surface area contributed by atoms with Gasteiger partial charge in [0.05, 0.1) is 11.1 Å². The van der Waals surface area contributed by atoms with E-state index in [9.17, 15) is 14.0 Å². The fraction of sp³-hybridized carbons (Fsp3) is 0.227. The lowest BCUT2D eigenvalue weighted by Crippen LogP contribution is -2.30. The van der Waals surface area contributed by atoms with E-state index >= 15 is 0 Å². The molecular formula is C22H20FN3O2. The maximum absolute atomic E-state index is 14.5. The summed E-state index contributed by atoms with van der Waals surface area (Å²) in [4.78, 5) is 31.1. The number of fused-ring (bicyclic) bond motifs is 2. The second kappa shape index (κ2) is 6.71. The summed E-state index contributed by atoms with van der Waals surface area (Å²) in [5.74, 6) is -0.113. The van der Waals surface area contributed by atoms with Crippen molar-refractivity contribution in [1.82, 2.24) is 14.1 Å². The third kappa shape index (κ3) is 2.72. The summed E-state index contributed by atoms with van der Waals surface area (Å²) < 4.78 is 17.7. The molecule has 2 heterocycles. The van der Waals surface area contributed by atoms with Crippen molar-refractivity contribution in [3.63, 3.8) is 0 Å². The van der Waals surface area contributed by atoms with Crippen LogP contribution in [0.5, 0.6) is 0 Å². The number of aryl methyl sites for hydroxylation is 1. The summed E-state index contributed by atoms with van der Waals surface area (Å²) in [6.45, 7) is 4.25. The number of nitrogens with zero attached hydrogens (tertiary/aromatic N) is 3. The molecular weight excluding hydrogens is 357 g/mol. The molecule has 0 spiro atoms. The van der Waals surface area contributed by atoms with Crippen LogP contribution in [-0.4, -0.2) is 14.1 Å². The lowest BCUT2D eigenvalue weighted by Gasteiger charge is -2.17. The number of aromatic nitrogens is 3. The number of hydrogen-bond acceptors (Lipinski definition) is 3. The van der Waals surface area contributed by atoms with E-state index in [0.717, 1.165) is 0 Å². The molecule has 0 saturated carbocycles. The van der Waals surface area contributed by atoms with Crippen LogP contribution in [0, 0.1) is 11.7 Å². The molecule has 0 aliphatic heterocycles. The van der Waals surface area contributed by atoms with Crippen LogP contribution in [-0.2, 0) is 13.6 Å². The van der Waals surface area contributed by atoms with Crippen molar-refractivity contribution < 1.29 is 4.39 Å². The maximum Gasteiger partial charge on any atom is 0.267 e. The van der Waals surface area contributed by atoms with Gasteiger partial charge >= 0.3 is 0 Å². The van der Waals surface area contributed by atoms with Gasteiger partial charge in [0.1, 0.15) is 17.0 Å². The number of benzene rings is 2. The van der Waals surface area contributed by atoms with Crippen molar-refractivity contribution >= 4 is 21.9 Å². The van der Waals surface area contributed by atoms with Crippen LogP contribution in [0.2, 0.25) is 0 Å². The standard InChI is InChI=1S/C22H20FN3O2/c1-13(2)12-26-20(14-8-4-6-10-16(14)23)24-21-18(22(26)28)19(27)15-9-5-7-11-17(15)25(21)3/h4-11,13H,12H2,1-3H3. The first kappa shape index (κ1) is 18.1. The Bertz CT molecular complexity index is 1340. The smallest absolute Gasteiger partial charge is 0.267 e. The van der Waals surface area contributed by atoms with Crippen LogP contribution < -0.4 is 11.0 Å². The number of para-hydroxylation sites is 1. The van der Waals surface area contributed by atoms with Gasteiger partial charge in [0, 0.05) is 19.0 Å². The molecule has 0 unspecified atom stereocenters. The molecule has 2 aromatic heterocycles. The Morgan fingerprint density at radius 2 is 1.71 bits per heavy atom. The van der Waals surface area contributed by atoms with Crippen LogP contribution in [0.15, 0.2) is 58.1 Å². The van der Waals surface area contributed by atoms with E-state index in [1.807, 2.05) is 19.9 Å². The highest BCUT2D eigenvalue weighted by Crippen LogP contribution is 2.23. The van der Waals surface area contributed by atoms with Crippen molar-refractivity contribution in [1.29, 1.82) is 0 Å². The van der Waals surface area contributed by atoms with E-state index in [0.29, 0.717) is 17.4 Å². The van der Waals surface area contributed by atoms with Crippen LogP contribution >= 0.6 is 0 Å². The molecule has 0 aliphatic carbocycles. The Kier molecular flexibility index (Phi) is 4.34. The Morgan fingerprint density at radius 1 is 1.04 bits per heavy atom. The monoisotopic (exact) mass is 377 g/mol. The summed E-state index contributed by atoms with van der Waals surface area (Å²) in [5, 5.41) is 0.494. The van der Waals surface area contributed by atoms with Crippen LogP contribution in [0.1, 0.15) is 13.8 Å². The SMILES string of the molecule is CC(C)Cn1c(-c2ccccc2F)nc2c(c(=O)c3ccccc3n2C)c1=O. The number of halogens is 1. The molecule has 2 aromatic carbocycles. The van der Waals surface area contributed by atoms with Gasteiger partial charge in [0.2, 0.25) is 5.43 Å². The zero-order valence-electron chi connectivity index (χ0n) is 15.9. The van der Waals surface area contributed by atoms with E-state index in [1.54, 1.807) is 48.0 Å². The maximum atomic E-state index is 14.5. The van der Waals surface area contributed by atoms with Gasteiger partial charge in [-0.3, -0.25) is 14.2 Å². The summed E-state index contributed by atoms with van der Waals surface area (Å²) in [5.41, 5.74) is 0.379. The normalized spacial score (nSPS) is 11.6. The Labute approximate surface area is 160 Å². The second-order valence-corrected chi connectivity index (χ2v) is 7.33. The molecule has 0 amide bonds. The molecule has 142 valence electrons. The van der Waals surface area contributed by atoms with Gasteiger partial charge in [-0.25, -0.2) is 9.37 Å². The third-order valence-corrected chi connectivity index (χ3v) is 4.87. The molecule has 0 aliphatic rings. The van der Waals surface area contributed by atoms with Crippen LogP contribution in [0.3, 0.4) is 0 Å². The Morgan fingerprint density at radius 3 is 2.43 bits per heavy atom. The van der Waals surface area contributed by atoms with Crippen molar-refractivity contribution in [2.45, 2.75) is 20.4 Å². The fourth-order valence-electron chi connectivity index (χ4n) is 3.57. The van der Waals surface area contributed by atoms with Crippen molar-refractivity contribution in [2.75, 3.05) is 0 Å². The molecule has 6 heteroatoms. The minimum atomic E-state index is -0.461.